The van der Waals surface area contributed by atoms with Crippen LogP contribution < -0.4 is 4.90 Å². The van der Waals surface area contributed by atoms with Crippen LogP contribution in [-0.2, 0) is 4.79 Å². The van der Waals surface area contributed by atoms with Gasteiger partial charge < -0.3 is 9.80 Å². The normalized spacial score (nSPS) is 22.5. The first-order valence-electron chi connectivity index (χ1n) is 9.65. The molecule has 1 atom stereocenters. The van der Waals surface area contributed by atoms with E-state index in [4.69, 9.17) is 5.26 Å². The number of hydrogen-bond acceptors (Lipinski definition) is 5. The Labute approximate surface area is 156 Å². The minimum Gasteiger partial charge on any atom is -0.357 e. The lowest BCUT2D eigenvalue weighted by molar-refractivity contribution is -0.139. The Morgan fingerprint density at radius 3 is 2.50 bits per heavy atom. The summed E-state index contributed by atoms with van der Waals surface area (Å²) in [6.07, 6.45) is 3.36. The van der Waals surface area contributed by atoms with Gasteiger partial charge in [-0.1, -0.05) is 0 Å². The van der Waals surface area contributed by atoms with Crippen LogP contribution in [0.25, 0.3) is 0 Å². The summed E-state index contributed by atoms with van der Waals surface area (Å²) in [5.74, 6) is 1.35. The Morgan fingerprint density at radius 2 is 1.96 bits per heavy atom. The van der Waals surface area contributed by atoms with Crippen LogP contribution in [0.1, 0.15) is 39.2 Å². The molecule has 1 amide bonds. The average molecular weight is 355 g/mol. The summed E-state index contributed by atoms with van der Waals surface area (Å²) in [6, 6.07) is 6.75. The van der Waals surface area contributed by atoms with Crippen molar-refractivity contribution < 1.29 is 4.79 Å². The summed E-state index contributed by atoms with van der Waals surface area (Å²) in [5.41, 5.74) is 0.577. The monoisotopic (exact) mass is 355 g/mol. The molecule has 2 aliphatic heterocycles. The van der Waals surface area contributed by atoms with Gasteiger partial charge in [0.15, 0.2) is 0 Å². The second-order valence-corrected chi connectivity index (χ2v) is 7.74. The number of nitrogens with zero attached hydrogens (tertiary/aromatic N) is 5. The lowest BCUT2D eigenvalue weighted by atomic mass is 9.94. The van der Waals surface area contributed by atoms with E-state index < -0.39 is 0 Å². The van der Waals surface area contributed by atoms with Gasteiger partial charge in [-0.3, -0.25) is 9.69 Å². The molecule has 6 nitrogen and oxygen atoms in total. The van der Waals surface area contributed by atoms with Crippen molar-refractivity contribution >= 4 is 11.7 Å². The van der Waals surface area contributed by atoms with Gasteiger partial charge in [0.25, 0.3) is 0 Å². The number of nitriles is 1. The maximum atomic E-state index is 12.9. The zero-order chi connectivity index (χ0) is 18.7. The molecule has 3 heterocycles. The van der Waals surface area contributed by atoms with Crippen molar-refractivity contribution in [3.8, 4) is 6.07 Å². The number of carbonyl (C=O) groups is 1. The molecule has 1 aromatic heterocycles. The fraction of sp³-hybridized carbons (Fsp3) is 0.650. The molecule has 0 aromatic carbocycles. The highest BCUT2D eigenvalue weighted by Crippen LogP contribution is 2.25. The molecule has 2 fully saturated rings. The van der Waals surface area contributed by atoms with E-state index in [0.717, 1.165) is 51.4 Å². The van der Waals surface area contributed by atoms with E-state index in [0.29, 0.717) is 23.6 Å². The van der Waals surface area contributed by atoms with E-state index in [9.17, 15) is 4.79 Å². The Morgan fingerprint density at radius 1 is 1.23 bits per heavy atom. The molecule has 0 spiro atoms. The third-order valence-corrected chi connectivity index (χ3v) is 5.70. The molecular weight excluding hydrogens is 326 g/mol. The van der Waals surface area contributed by atoms with Crippen molar-refractivity contribution in [1.82, 2.24) is 14.8 Å². The van der Waals surface area contributed by atoms with Gasteiger partial charge in [0, 0.05) is 56.9 Å². The topological polar surface area (TPSA) is 63.5 Å². The van der Waals surface area contributed by atoms with E-state index in [1.54, 1.807) is 12.3 Å². The maximum Gasteiger partial charge on any atom is 0.225 e. The van der Waals surface area contributed by atoms with Crippen molar-refractivity contribution in [2.45, 2.75) is 45.7 Å². The summed E-state index contributed by atoms with van der Waals surface area (Å²) >= 11 is 0. The molecule has 0 aliphatic carbocycles. The first kappa shape index (κ1) is 18.7. The van der Waals surface area contributed by atoms with Gasteiger partial charge in [0.2, 0.25) is 5.91 Å². The van der Waals surface area contributed by atoms with Gasteiger partial charge in [-0.2, -0.15) is 5.26 Å². The van der Waals surface area contributed by atoms with Crippen molar-refractivity contribution in [2.24, 2.45) is 5.92 Å². The molecule has 2 aliphatic rings. The van der Waals surface area contributed by atoms with Crippen molar-refractivity contribution in [1.29, 1.82) is 5.26 Å². The number of aromatic nitrogens is 1. The molecule has 0 N–H and O–H groups in total. The highest BCUT2D eigenvalue weighted by molar-refractivity contribution is 5.79. The molecule has 2 saturated heterocycles. The summed E-state index contributed by atoms with van der Waals surface area (Å²) in [5, 5.41) is 8.88. The summed E-state index contributed by atoms with van der Waals surface area (Å²) in [7, 11) is 0. The van der Waals surface area contributed by atoms with Gasteiger partial charge in [0.05, 0.1) is 5.56 Å². The first-order valence-corrected chi connectivity index (χ1v) is 9.65. The highest BCUT2D eigenvalue weighted by Gasteiger charge is 2.33. The third-order valence-electron chi connectivity index (χ3n) is 5.70. The van der Waals surface area contributed by atoms with Crippen molar-refractivity contribution in [3.63, 3.8) is 0 Å². The number of piperazine rings is 1. The molecule has 0 bridgehead atoms. The Kier molecular flexibility index (Phi) is 5.77. The number of rotatable bonds is 3. The van der Waals surface area contributed by atoms with E-state index in [1.165, 1.54) is 0 Å². The van der Waals surface area contributed by atoms with Crippen LogP contribution in [0.3, 0.4) is 0 Å². The standard InChI is InChI=1S/C20H29N5O/c1-15(2)25-11-10-24(14-16(25)3)20(26)18-6-8-23(9-7-18)19-5-4-17(12-21)13-22-19/h4-5,13,15-16,18H,6-11,14H2,1-3H3. The van der Waals surface area contributed by atoms with Crippen LogP contribution in [0.5, 0.6) is 0 Å². The lowest BCUT2D eigenvalue weighted by Gasteiger charge is -2.43. The summed E-state index contributed by atoms with van der Waals surface area (Å²) in [6.45, 7) is 11.0. The second-order valence-electron chi connectivity index (χ2n) is 7.74. The SMILES string of the molecule is CC(C)N1CCN(C(=O)C2CCN(c3ccc(C#N)cn3)CC2)CC1C. The average Bonchev–Trinajstić information content (AvgIpc) is 2.67. The Balaban J connectivity index is 1.53. The maximum absolute atomic E-state index is 12.9. The Bertz CT molecular complexity index is 658. The lowest BCUT2D eigenvalue weighted by Crippen LogP contribution is -2.57. The number of carbonyl (C=O) groups excluding carboxylic acids is 1. The molecular formula is C20H29N5O. The fourth-order valence-electron chi connectivity index (χ4n) is 4.19. The van der Waals surface area contributed by atoms with Crippen LogP contribution in [0.15, 0.2) is 18.3 Å². The first-order chi connectivity index (χ1) is 12.5. The summed E-state index contributed by atoms with van der Waals surface area (Å²) in [4.78, 5) is 24.1. The minimum atomic E-state index is 0.127. The molecule has 26 heavy (non-hydrogen) atoms. The van der Waals surface area contributed by atoms with Gasteiger partial charge in [-0.15, -0.1) is 0 Å². The fourth-order valence-corrected chi connectivity index (χ4v) is 4.19. The second kappa shape index (κ2) is 8.05. The molecule has 6 heteroatoms. The molecule has 3 rings (SSSR count). The number of amides is 1. The van der Waals surface area contributed by atoms with Gasteiger partial charge in [-0.05, 0) is 45.7 Å². The van der Waals surface area contributed by atoms with Gasteiger partial charge in [0.1, 0.15) is 11.9 Å². The Hall–Kier alpha value is -2.13. The van der Waals surface area contributed by atoms with E-state index >= 15 is 0 Å². The molecule has 0 saturated carbocycles. The minimum absolute atomic E-state index is 0.127. The molecule has 0 radical (unpaired) electrons. The highest BCUT2D eigenvalue weighted by atomic mass is 16.2. The van der Waals surface area contributed by atoms with E-state index in [-0.39, 0.29) is 5.92 Å². The summed E-state index contributed by atoms with van der Waals surface area (Å²) < 4.78 is 0. The number of hydrogen-bond donors (Lipinski definition) is 0. The molecule has 1 aromatic rings. The third kappa shape index (κ3) is 3.99. The van der Waals surface area contributed by atoms with E-state index in [2.05, 4.69) is 46.5 Å². The van der Waals surface area contributed by atoms with Crippen LogP contribution in [-0.4, -0.2) is 65.5 Å². The zero-order valence-corrected chi connectivity index (χ0v) is 16.1. The predicted molar refractivity (Wildman–Crippen MR) is 102 cm³/mol. The van der Waals surface area contributed by atoms with Crippen LogP contribution in [0.2, 0.25) is 0 Å². The number of piperidine rings is 1. The zero-order valence-electron chi connectivity index (χ0n) is 16.1. The van der Waals surface area contributed by atoms with Crippen LogP contribution >= 0.6 is 0 Å². The van der Waals surface area contributed by atoms with Crippen molar-refractivity contribution in [2.75, 3.05) is 37.6 Å². The number of pyridine rings is 1. The largest absolute Gasteiger partial charge is 0.357 e. The van der Waals surface area contributed by atoms with E-state index in [1.807, 2.05) is 6.07 Å². The van der Waals surface area contributed by atoms with Gasteiger partial charge in [-0.25, -0.2) is 4.98 Å². The quantitative estimate of drug-likeness (QED) is 0.831. The molecule has 1 unspecified atom stereocenters. The van der Waals surface area contributed by atoms with Gasteiger partial charge >= 0.3 is 0 Å². The molecule has 140 valence electrons. The van der Waals surface area contributed by atoms with Crippen LogP contribution in [0, 0.1) is 17.2 Å². The smallest absolute Gasteiger partial charge is 0.225 e. The van der Waals surface area contributed by atoms with Crippen molar-refractivity contribution in [3.05, 3.63) is 23.9 Å². The van der Waals surface area contributed by atoms with Crippen LogP contribution in [0.4, 0.5) is 5.82 Å². The number of anilines is 1. The predicted octanol–water partition coefficient (Wildman–Crippen LogP) is 2.11.